The second-order valence-corrected chi connectivity index (χ2v) is 11.0. The fourth-order valence-corrected chi connectivity index (χ4v) is 9.00. The topological polar surface area (TPSA) is 9.23 Å². The van der Waals surface area contributed by atoms with Gasteiger partial charge in [0.15, 0.2) is 0 Å². The Labute approximate surface area is 174 Å². The Hall–Kier alpha value is -2.73. The first-order valence-electron chi connectivity index (χ1n) is 10.2. The maximum absolute atomic E-state index is 5.72. The first-order valence-corrected chi connectivity index (χ1v) is 12.2. The van der Waals surface area contributed by atoms with E-state index in [9.17, 15) is 0 Å². The fourth-order valence-electron chi connectivity index (χ4n) is 4.18. The fraction of sp³-hybridized carbons (Fsp3) is 0.111. The van der Waals surface area contributed by atoms with Gasteiger partial charge in [-0.2, -0.15) is 0 Å². The third-order valence-electron chi connectivity index (χ3n) is 5.45. The molecule has 29 heavy (non-hydrogen) atoms. The third kappa shape index (κ3) is 3.90. The SMILES string of the molecule is CCOCc1cccc([PH](c2ccccc2)(c2ccccc2)c2ccccc2)c1. The Morgan fingerprint density at radius 3 is 1.45 bits per heavy atom. The molecule has 0 radical (unpaired) electrons. The number of hydrogen-bond acceptors (Lipinski definition) is 1. The van der Waals surface area contributed by atoms with Crippen LogP contribution in [-0.2, 0) is 11.3 Å². The molecular formula is C27H27OP. The molecule has 0 spiro atoms. The van der Waals surface area contributed by atoms with E-state index in [1.807, 2.05) is 6.92 Å². The van der Waals surface area contributed by atoms with E-state index in [1.54, 1.807) is 0 Å². The Morgan fingerprint density at radius 2 is 1.00 bits per heavy atom. The molecule has 0 aliphatic heterocycles. The Balaban J connectivity index is 2.04. The average Bonchev–Trinajstić information content (AvgIpc) is 2.81. The molecule has 0 saturated heterocycles. The summed E-state index contributed by atoms with van der Waals surface area (Å²) in [7, 11) is -2.43. The van der Waals surface area contributed by atoms with Crippen molar-refractivity contribution in [2.75, 3.05) is 6.61 Å². The predicted molar refractivity (Wildman–Crippen MR) is 128 cm³/mol. The number of rotatable bonds is 7. The quantitative estimate of drug-likeness (QED) is 0.414. The van der Waals surface area contributed by atoms with Crippen LogP contribution in [0.1, 0.15) is 12.5 Å². The summed E-state index contributed by atoms with van der Waals surface area (Å²) in [6, 6.07) is 42.0. The second kappa shape index (κ2) is 9.18. The van der Waals surface area contributed by atoms with Crippen LogP contribution in [0.15, 0.2) is 115 Å². The molecule has 0 fully saturated rings. The van der Waals surface area contributed by atoms with Crippen LogP contribution in [0.25, 0.3) is 0 Å². The summed E-state index contributed by atoms with van der Waals surface area (Å²) < 4.78 is 5.72. The first kappa shape index (κ1) is 19.6. The van der Waals surface area contributed by atoms with Crippen LogP contribution in [0.4, 0.5) is 0 Å². The zero-order chi connectivity index (χ0) is 19.9. The molecule has 0 aromatic heterocycles. The van der Waals surface area contributed by atoms with Crippen molar-refractivity contribution in [2.24, 2.45) is 0 Å². The van der Waals surface area contributed by atoms with Gasteiger partial charge in [-0.15, -0.1) is 0 Å². The van der Waals surface area contributed by atoms with Crippen LogP contribution in [0.3, 0.4) is 0 Å². The molecule has 0 aliphatic rings. The minimum absolute atomic E-state index is 0.646. The maximum atomic E-state index is 5.72. The van der Waals surface area contributed by atoms with Crippen LogP contribution in [0.2, 0.25) is 0 Å². The summed E-state index contributed by atoms with van der Waals surface area (Å²) in [6.07, 6.45) is 0. The summed E-state index contributed by atoms with van der Waals surface area (Å²) in [4.78, 5) is 0. The van der Waals surface area contributed by atoms with Crippen LogP contribution in [-0.4, -0.2) is 6.61 Å². The Morgan fingerprint density at radius 1 is 0.552 bits per heavy atom. The van der Waals surface area contributed by atoms with E-state index >= 15 is 0 Å². The summed E-state index contributed by atoms with van der Waals surface area (Å²) in [5.74, 6) is 0. The molecule has 2 heteroatoms. The Kier molecular flexibility index (Phi) is 6.20. The molecule has 4 aromatic rings. The van der Waals surface area contributed by atoms with E-state index in [1.165, 1.54) is 26.8 Å². The number of ether oxygens (including phenoxy) is 1. The molecule has 0 amide bonds. The van der Waals surface area contributed by atoms with Gasteiger partial charge < -0.3 is 0 Å². The molecule has 1 nitrogen and oxygen atoms in total. The van der Waals surface area contributed by atoms with Crippen molar-refractivity contribution in [3.8, 4) is 0 Å². The predicted octanol–water partition coefficient (Wildman–Crippen LogP) is 4.57. The number of hydrogen-bond donors (Lipinski definition) is 0. The van der Waals surface area contributed by atoms with E-state index in [2.05, 4.69) is 115 Å². The van der Waals surface area contributed by atoms with Crippen molar-refractivity contribution in [1.82, 2.24) is 0 Å². The van der Waals surface area contributed by atoms with Gasteiger partial charge >= 0.3 is 174 Å². The van der Waals surface area contributed by atoms with Crippen molar-refractivity contribution in [1.29, 1.82) is 0 Å². The van der Waals surface area contributed by atoms with E-state index in [4.69, 9.17) is 4.74 Å². The van der Waals surface area contributed by atoms with Gasteiger partial charge in [-0.05, 0) is 0 Å². The first-order chi connectivity index (χ1) is 14.4. The van der Waals surface area contributed by atoms with Crippen LogP contribution < -0.4 is 21.2 Å². The van der Waals surface area contributed by atoms with E-state index < -0.39 is 7.26 Å². The van der Waals surface area contributed by atoms with Crippen molar-refractivity contribution >= 4 is 28.5 Å². The zero-order valence-electron chi connectivity index (χ0n) is 16.8. The summed E-state index contributed by atoms with van der Waals surface area (Å²) in [6.45, 7) is 3.41. The van der Waals surface area contributed by atoms with Crippen LogP contribution >= 0.6 is 7.26 Å². The second-order valence-electron chi connectivity index (χ2n) is 7.19. The van der Waals surface area contributed by atoms with Crippen molar-refractivity contribution < 1.29 is 4.74 Å². The molecule has 0 bridgehead atoms. The van der Waals surface area contributed by atoms with Gasteiger partial charge in [0.2, 0.25) is 0 Å². The van der Waals surface area contributed by atoms with Crippen molar-refractivity contribution in [2.45, 2.75) is 13.5 Å². The normalized spacial score (nSPS) is 11.9. The van der Waals surface area contributed by atoms with Gasteiger partial charge in [0, 0.05) is 0 Å². The van der Waals surface area contributed by atoms with E-state index in [0.29, 0.717) is 6.61 Å². The van der Waals surface area contributed by atoms with Gasteiger partial charge in [-0.3, -0.25) is 0 Å². The molecule has 0 unspecified atom stereocenters. The van der Waals surface area contributed by atoms with Crippen molar-refractivity contribution in [3.63, 3.8) is 0 Å². The molecule has 0 saturated carbocycles. The van der Waals surface area contributed by atoms with Gasteiger partial charge in [-0.1, -0.05) is 0 Å². The monoisotopic (exact) mass is 398 g/mol. The molecular weight excluding hydrogens is 371 g/mol. The van der Waals surface area contributed by atoms with E-state index in [0.717, 1.165) is 6.61 Å². The van der Waals surface area contributed by atoms with Gasteiger partial charge in [0.05, 0.1) is 0 Å². The average molecular weight is 398 g/mol. The van der Waals surface area contributed by atoms with Gasteiger partial charge in [-0.25, -0.2) is 0 Å². The summed E-state index contributed by atoms with van der Waals surface area (Å²) in [5.41, 5.74) is 1.23. The standard InChI is InChI=1S/C27H27OP/c1-2-28-22-23-13-12-20-27(21-23)29(24-14-6-3-7-15-24,25-16-8-4-9-17-25)26-18-10-5-11-19-26/h3-21,29H,2,22H2,1H3. The molecule has 0 aliphatic carbocycles. The summed E-state index contributed by atoms with van der Waals surface area (Å²) in [5, 5.41) is 5.57. The van der Waals surface area contributed by atoms with Crippen LogP contribution in [0, 0.1) is 0 Å². The molecule has 4 aromatic carbocycles. The molecule has 0 atom stereocenters. The Bertz CT molecular complexity index is 933. The van der Waals surface area contributed by atoms with Crippen molar-refractivity contribution in [3.05, 3.63) is 121 Å². The van der Waals surface area contributed by atoms with Crippen LogP contribution in [0.5, 0.6) is 0 Å². The van der Waals surface area contributed by atoms with Gasteiger partial charge in [0.25, 0.3) is 0 Å². The zero-order valence-corrected chi connectivity index (χ0v) is 17.8. The third-order valence-corrected chi connectivity index (χ3v) is 10.2. The molecule has 146 valence electrons. The molecule has 0 N–H and O–H groups in total. The minimum atomic E-state index is -2.43. The molecule has 0 heterocycles. The molecule has 4 rings (SSSR count). The summed E-state index contributed by atoms with van der Waals surface area (Å²) >= 11 is 0. The van der Waals surface area contributed by atoms with E-state index in [-0.39, 0.29) is 0 Å². The van der Waals surface area contributed by atoms with Gasteiger partial charge in [0.1, 0.15) is 0 Å². The number of benzene rings is 4.